The molecule has 0 amide bonds. The van der Waals surface area contributed by atoms with Crippen molar-refractivity contribution in [1.29, 1.82) is 0 Å². The number of rotatable bonds is 6. The number of hydrogen-bond acceptors (Lipinski definition) is 6. The topological polar surface area (TPSA) is 98.9 Å². The molecule has 0 aliphatic rings. The number of anilines is 1. The van der Waals surface area contributed by atoms with E-state index in [1.165, 1.54) is 12.1 Å². The molecule has 0 heterocycles. The second kappa shape index (κ2) is 8.30. The Kier molecular flexibility index (Phi) is 6.14. The van der Waals surface area contributed by atoms with Crippen molar-refractivity contribution in [3.05, 3.63) is 64.7 Å². The Morgan fingerprint density at radius 2 is 1.56 bits per heavy atom. The Morgan fingerprint density at radius 1 is 0.960 bits per heavy atom. The van der Waals surface area contributed by atoms with Crippen molar-refractivity contribution >= 4 is 17.6 Å². The quantitative estimate of drug-likeness (QED) is 0.618. The van der Waals surface area contributed by atoms with Gasteiger partial charge in [0.25, 0.3) is 0 Å². The molecular formula is C19H21NO5. The van der Waals surface area contributed by atoms with Gasteiger partial charge >= 0.3 is 11.9 Å². The summed E-state index contributed by atoms with van der Waals surface area (Å²) >= 11 is 0. The third kappa shape index (κ3) is 4.36. The van der Waals surface area contributed by atoms with Crippen LogP contribution in [-0.2, 0) is 9.47 Å². The summed E-state index contributed by atoms with van der Waals surface area (Å²) < 4.78 is 9.98. The van der Waals surface area contributed by atoms with Gasteiger partial charge in [0.1, 0.15) is 6.10 Å². The largest absolute Gasteiger partial charge is 0.462 e. The minimum absolute atomic E-state index is 0.0563. The lowest BCUT2D eigenvalue weighted by Gasteiger charge is -2.15. The van der Waals surface area contributed by atoms with Gasteiger partial charge < -0.3 is 20.3 Å². The van der Waals surface area contributed by atoms with Crippen molar-refractivity contribution in [2.75, 3.05) is 18.9 Å². The first kappa shape index (κ1) is 18.5. The molecule has 2 aromatic carbocycles. The molecule has 0 aliphatic carbocycles. The summed E-state index contributed by atoms with van der Waals surface area (Å²) in [5.41, 5.74) is 7.45. The molecule has 0 bridgehead atoms. The van der Waals surface area contributed by atoms with Crippen molar-refractivity contribution in [3.63, 3.8) is 0 Å². The zero-order valence-corrected chi connectivity index (χ0v) is 14.2. The van der Waals surface area contributed by atoms with Crippen LogP contribution in [0.4, 0.5) is 5.69 Å². The van der Waals surface area contributed by atoms with Crippen molar-refractivity contribution in [3.8, 4) is 0 Å². The minimum Gasteiger partial charge on any atom is -0.462 e. The Morgan fingerprint density at radius 3 is 2.16 bits per heavy atom. The molecule has 25 heavy (non-hydrogen) atoms. The zero-order chi connectivity index (χ0) is 18.4. The van der Waals surface area contributed by atoms with E-state index in [1.54, 1.807) is 44.2 Å². The molecule has 0 spiro atoms. The highest BCUT2D eigenvalue weighted by Crippen LogP contribution is 2.26. The monoisotopic (exact) mass is 343 g/mol. The molecule has 6 nitrogen and oxygen atoms in total. The molecule has 132 valence electrons. The van der Waals surface area contributed by atoms with Crippen molar-refractivity contribution in [2.45, 2.75) is 20.0 Å². The summed E-state index contributed by atoms with van der Waals surface area (Å²) in [4.78, 5) is 24.3. The number of nitrogen functional groups attached to an aromatic ring is 1. The molecule has 0 saturated heterocycles. The van der Waals surface area contributed by atoms with Gasteiger partial charge in [0.15, 0.2) is 0 Å². The van der Waals surface area contributed by atoms with Crippen LogP contribution in [-0.4, -0.2) is 30.3 Å². The fourth-order valence-electron chi connectivity index (χ4n) is 2.42. The number of benzene rings is 2. The standard InChI is InChI=1S/C19H21NO5/c1-3-24-18(22)15-9-8-13(11-16(15)19(23)25-4-2)17(21)12-6-5-7-14(20)10-12/h5-11,17,21H,3-4,20H2,1-2H3. The van der Waals surface area contributed by atoms with E-state index in [0.29, 0.717) is 16.8 Å². The summed E-state index contributed by atoms with van der Waals surface area (Å²) in [5.74, 6) is -1.26. The van der Waals surface area contributed by atoms with Gasteiger partial charge in [0.2, 0.25) is 0 Å². The van der Waals surface area contributed by atoms with Gasteiger partial charge in [-0.15, -0.1) is 0 Å². The van der Waals surface area contributed by atoms with E-state index in [0.717, 1.165) is 0 Å². The summed E-state index contributed by atoms with van der Waals surface area (Å²) in [6, 6.07) is 11.3. The Balaban J connectivity index is 2.45. The maximum atomic E-state index is 12.2. The van der Waals surface area contributed by atoms with Crippen LogP contribution in [0.5, 0.6) is 0 Å². The number of aliphatic hydroxyl groups is 1. The Bertz CT molecular complexity index is 772. The average molecular weight is 343 g/mol. The fraction of sp³-hybridized carbons (Fsp3) is 0.263. The lowest BCUT2D eigenvalue weighted by molar-refractivity contribution is 0.0478. The first-order chi connectivity index (χ1) is 12.0. The summed E-state index contributed by atoms with van der Waals surface area (Å²) in [5, 5.41) is 10.6. The van der Waals surface area contributed by atoms with Crippen LogP contribution in [0.15, 0.2) is 42.5 Å². The molecule has 1 unspecified atom stereocenters. The number of esters is 2. The van der Waals surface area contributed by atoms with Crippen LogP contribution in [0.1, 0.15) is 51.8 Å². The van der Waals surface area contributed by atoms with Gasteiger partial charge in [-0.1, -0.05) is 18.2 Å². The van der Waals surface area contributed by atoms with Gasteiger partial charge in [-0.05, 0) is 49.2 Å². The molecule has 3 N–H and O–H groups in total. The number of aliphatic hydroxyl groups excluding tert-OH is 1. The lowest BCUT2D eigenvalue weighted by Crippen LogP contribution is -2.15. The molecule has 2 aromatic rings. The molecule has 1 atom stereocenters. The fourth-order valence-corrected chi connectivity index (χ4v) is 2.42. The van der Waals surface area contributed by atoms with Gasteiger partial charge in [-0.3, -0.25) is 0 Å². The normalized spacial score (nSPS) is 11.6. The first-order valence-electron chi connectivity index (χ1n) is 7.99. The average Bonchev–Trinajstić information content (AvgIpc) is 2.61. The van der Waals surface area contributed by atoms with E-state index < -0.39 is 18.0 Å². The van der Waals surface area contributed by atoms with Crippen LogP contribution < -0.4 is 5.73 Å². The molecule has 0 fully saturated rings. The summed E-state index contributed by atoms with van der Waals surface area (Å²) in [7, 11) is 0. The van der Waals surface area contributed by atoms with E-state index >= 15 is 0 Å². The first-order valence-corrected chi connectivity index (χ1v) is 7.99. The lowest BCUT2D eigenvalue weighted by atomic mass is 9.96. The van der Waals surface area contributed by atoms with Crippen LogP contribution >= 0.6 is 0 Å². The molecule has 0 aliphatic heterocycles. The number of hydrogen-bond donors (Lipinski definition) is 2. The maximum Gasteiger partial charge on any atom is 0.339 e. The second-order valence-electron chi connectivity index (χ2n) is 5.32. The predicted molar refractivity (Wildman–Crippen MR) is 93.3 cm³/mol. The summed E-state index contributed by atoms with van der Waals surface area (Å²) in [6.45, 7) is 3.71. The van der Waals surface area contributed by atoms with Gasteiger partial charge in [0, 0.05) is 5.69 Å². The number of nitrogens with two attached hydrogens (primary N) is 1. The van der Waals surface area contributed by atoms with E-state index in [-0.39, 0.29) is 24.3 Å². The van der Waals surface area contributed by atoms with Gasteiger partial charge in [0.05, 0.1) is 24.3 Å². The SMILES string of the molecule is CCOC(=O)c1ccc(C(O)c2cccc(N)c2)cc1C(=O)OCC. The third-order valence-electron chi connectivity index (χ3n) is 3.58. The summed E-state index contributed by atoms with van der Waals surface area (Å²) in [6.07, 6.45) is -0.993. The van der Waals surface area contributed by atoms with Crippen LogP contribution in [0.3, 0.4) is 0 Å². The number of carbonyl (C=O) groups excluding carboxylic acids is 2. The van der Waals surface area contributed by atoms with Crippen molar-refractivity contribution in [2.24, 2.45) is 0 Å². The van der Waals surface area contributed by atoms with Crippen LogP contribution in [0.25, 0.3) is 0 Å². The highest BCUT2D eigenvalue weighted by molar-refractivity contribution is 6.03. The van der Waals surface area contributed by atoms with E-state index in [4.69, 9.17) is 15.2 Å². The number of carbonyl (C=O) groups is 2. The zero-order valence-electron chi connectivity index (χ0n) is 14.2. The Labute approximate surface area is 146 Å². The highest BCUT2D eigenvalue weighted by Gasteiger charge is 2.22. The van der Waals surface area contributed by atoms with E-state index in [9.17, 15) is 14.7 Å². The molecule has 0 aromatic heterocycles. The second-order valence-corrected chi connectivity index (χ2v) is 5.32. The molecule has 6 heteroatoms. The third-order valence-corrected chi connectivity index (χ3v) is 3.58. The predicted octanol–water partition coefficient (Wildman–Crippen LogP) is 2.70. The molecule has 2 rings (SSSR count). The minimum atomic E-state index is -0.993. The van der Waals surface area contributed by atoms with E-state index in [2.05, 4.69) is 0 Å². The molecule has 0 radical (unpaired) electrons. The van der Waals surface area contributed by atoms with Crippen molar-refractivity contribution in [1.82, 2.24) is 0 Å². The molecule has 0 saturated carbocycles. The van der Waals surface area contributed by atoms with Gasteiger partial charge in [-0.25, -0.2) is 9.59 Å². The van der Waals surface area contributed by atoms with Crippen LogP contribution in [0.2, 0.25) is 0 Å². The molecular weight excluding hydrogens is 322 g/mol. The maximum absolute atomic E-state index is 12.2. The smallest absolute Gasteiger partial charge is 0.339 e. The van der Waals surface area contributed by atoms with Crippen molar-refractivity contribution < 1.29 is 24.2 Å². The highest BCUT2D eigenvalue weighted by atomic mass is 16.5. The Hall–Kier alpha value is -2.86. The van der Waals surface area contributed by atoms with Gasteiger partial charge in [-0.2, -0.15) is 0 Å². The van der Waals surface area contributed by atoms with Crippen LogP contribution in [0, 0.1) is 0 Å². The van der Waals surface area contributed by atoms with E-state index in [1.807, 2.05) is 0 Å². The number of ether oxygens (including phenoxy) is 2.